The van der Waals surface area contributed by atoms with Crippen molar-refractivity contribution in [2.24, 2.45) is 0 Å². The zero-order valence-corrected chi connectivity index (χ0v) is 17.4. The van der Waals surface area contributed by atoms with Crippen molar-refractivity contribution in [1.82, 2.24) is 19.5 Å². The normalized spacial score (nSPS) is 17.7. The highest BCUT2D eigenvalue weighted by Crippen LogP contribution is 2.39. The number of nitrogens with zero attached hydrogens (tertiary/aromatic N) is 6. The molecule has 32 heavy (non-hydrogen) atoms. The first-order chi connectivity index (χ1) is 15.2. The third-order valence-corrected chi connectivity index (χ3v) is 5.74. The molecule has 2 N–H and O–H groups in total. The van der Waals surface area contributed by atoms with Crippen molar-refractivity contribution in [2.75, 3.05) is 30.8 Å². The predicted octanol–water partition coefficient (Wildman–Crippen LogP) is 2.93. The molecule has 0 radical (unpaired) electrons. The molecule has 1 atom stereocenters. The smallest absolute Gasteiger partial charge is 0.382 e. The van der Waals surface area contributed by atoms with Gasteiger partial charge in [-0.2, -0.15) is 23.5 Å². The Morgan fingerprint density at radius 1 is 1.28 bits per heavy atom. The molecule has 2 aromatic heterocycles. The Balaban J connectivity index is 1.89. The fourth-order valence-corrected chi connectivity index (χ4v) is 4.12. The maximum Gasteiger partial charge on any atom is 0.418 e. The molecule has 1 aromatic carbocycles. The fourth-order valence-electron chi connectivity index (χ4n) is 4.12. The van der Waals surface area contributed by atoms with Crippen molar-refractivity contribution in [3.05, 3.63) is 41.7 Å². The van der Waals surface area contributed by atoms with Crippen molar-refractivity contribution in [1.29, 1.82) is 5.26 Å². The van der Waals surface area contributed by atoms with Gasteiger partial charge in [-0.1, -0.05) is 13.0 Å². The van der Waals surface area contributed by atoms with E-state index in [9.17, 15) is 23.2 Å². The standard InChI is InChI=1S/C21H20F3N7O/c1-3-15-20(32)30(7-6-29(15)2)16-8-12(4-5-13(16)10-25)17-9-14(21(22,23)24)18-19(26)27-11-28-31(17)18/h4-5,8-9,11,15H,3,6-7H2,1-2H3,(H2,26,27,28)/t15-/m1/s1. The topological polar surface area (TPSA) is 104 Å². The Morgan fingerprint density at radius 2 is 2.03 bits per heavy atom. The maximum absolute atomic E-state index is 13.7. The van der Waals surface area contributed by atoms with Crippen LogP contribution in [0, 0.1) is 11.3 Å². The number of halogens is 3. The number of fused-ring (bicyclic) bond motifs is 1. The van der Waals surface area contributed by atoms with E-state index >= 15 is 0 Å². The number of nitriles is 1. The second kappa shape index (κ2) is 7.80. The first kappa shape index (κ1) is 21.6. The summed E-state index contributed by atoms with van der Waals surface area (Å²) in [7, 11) is 1.86. The van der Waals surface area contributed by atoms with Crippen molar-refractivity contribution in [3.63, 3.8) is 0 Å². The molecule has 11 heteroatoms. The third-order valence-electron chi connectivity index (χ3n) is 5.74. The number of piperazine rings is 1. The van der Waals surface area contributed by atoms with Crippen LogP contribution in [-0.4, -0.2) is 51.6 Å². The van der Waals surface area contributed by atoms with Crippen LogP contribution < -0.4 is 10.6 Å². The molecule has 3 heterocycles. The van der Waals surface area contributed by atoms with Crippen LogP contribution in [0.4, 0.5) is 24.7 Å². The van der Waals surface area contributed by atoms with E-state index in [4.69, 9.17) is 5.73 Å². The molecule has 1 fully saturated rings. The van der Waals surface area contributed by atoms with Crippen LogP contribution in [0.3, 0.4) is 0 Å². The zero-order chi connectivity index (χ0) is 23.2. The number of nitrogen functional groups attached to an aromatic ring is 1. The summed E-state index contributed by atoms with van der Waals surface area (Å²) in [5, 5.41) is 13.6. The molecule has 0 bridgehead atoms. The largest absolute Gasteiger partial charge is 0.418 e. The molecule has 0 aliphatic carbocycles. The predicted molar refractivity (Wildman–Crippen MR) is 112 cm³/mol. The van der Waals surface area contributed by atoms with Gasteiger partial charge in [-0.15, -0.1) is 0 Å². The molecule has 1 aliphatic heterocycles. The Bertz CT molecular complexity index is 1240. The number of hydrogen-bond acceptors (Lipinski definition) is 6. The zero-order valence-electron chi connectivity index (χ0n) is 17.4. The molecule has 4 rings (SSSR count). The van der Waals surface area contributed by atoms with E-state index in [1.165, 1.54) is 17.0 Å². The van der Waals surface area contributed by atoms with Crippen LogP contribution in [0.5, 0.6) is 0 Å². The molecule has 0 unspecified atom stereocenters. The van der Waals surface area contributed by atoms with Crippen LogP contribution >= 0.6 is 0 Å². The minimum absolute atomic E-state index is 0.126. The van der Waals surface area contributed by atoms with Gasteiger partial charge in [0.1, 0.15) is 17.9 Å². The SMILES string of the molecule is CC[C@@H]1C(=O)N(c2cc(-c3cc(C(F)(F)F)c4c(N)ncnn34)ccc2C#N)CCN1C. The molecule has 3 aromatic rings. The highest BCUT2D eigenvalue weighted by Gasteiger charge is 2.37. The van der Waals surface area contributed by atoms with Crippen LogP contribution in [0.15, 0.2) is 30.6 Å². The first-order valence-electron chi connectivity index (χ1n) is 9.93. The second-order valence-electron chi connectivity index (χ2n) is 7.58. The summed E-state index contributed by atoms with van der Waals surface area (Å²) in [5.74, 6) is -0.454. The van der Waals surface area contributed by atoms with E-state index < -0.39 is 11.7 Å². The summed E-state index contributed by atoms with van der Waals surface area (Å²) in [6, 6.07) is 7.26. The summed E-state index contributed by atoms with van der Waals surface area (Å²) >= 11 is 0. The van der Waals surface area contributed by atoms with Gasteiger partial charge in [0.25, 0.3) is 0 Å². The Morgan fingerprint density at radius 3 is 2.69 bits per heavy atom. The van der Waals surface area contributed by atoms with Gasteiger partial charge in [-0.25, -0.2) is 9.50 Å². The summed E-state index contributed by atoms with van der Waals surface area (Å²) in [6.45, 7) is 2.87. The number of rotatable bonds is 3. The Hall–Kier alpha value is -3.65. The highest BCUT2D eigenvalue weighted by atomic mass is 19.4. The van der Waals surface area contributed by atoms with Crippen LogP contribution in [0.1, 0.15) is 24.5 Å². The molecule has 1 aliphatic rings. The summed E-state index contributed by atoms with van der Waals surface area (Å²) in [6.07, 6.45) is -2.99. The Labute approximate surface area is 181 Å². The van der Waals surface area contributed by atoms with Gasteiger partial charge >= 0.3 is 6.18 Å². The van der Waals surface area contributed by atoms with Crippen LogP contribution in [0.2, 0.25) is 0 Å². The maximum atomic E-state index is 13.7. The molecule has 1 saturated heterocycles. The minimum atomic E-state index is -4.67. The van der Waals surface area contributed by atoms with Crippen LogP contribution in [-0.2, 0) is 11.0 Å². The number of carbonyl (C=O) groups excluding carboxylic acids is 1. The van der Waals surface area contributed by atoms with Gasteiger partial charge < -0.3 is 10.6 Å². The molecule has 1 amide bonds. The highest BCUT2D eigenvalue weighted by molar-refractivity contribution is 5.99. The van der Waals surface area contributed by atoms with Crippen molar-refractivity contribution in [2.45, 2.75) is 25.6 Å². The lowest BCUT2D eigenvalue weighted by atomic mass is 10.0. The number of nitrogens with two attached hydrogens (primary N) is 1. The first-order valence-corrected chi connectivity index (χ1v) is 9.93. The van der Waals surface area contributed by atoms with E-state index in [2.05, 4.69) is 16.2 Å². The number of amides is 1. The molecular weight excluding hydrogens is 423 g/mol. The van der Waals surface area contributed by atoms with Gasteiger partial charge in [0.2, 0.25) is 5.91 Å². The van der Waals surface area contributed by atoms with Gasteiger partial charge in [-0.05, 0) is 31.7 Å². The van der Waals surface area contributed by atoms with Crippen LogP contribution in [0.25, 0.3) is 16.8 Å². The quantitative estimate of drug-likeness (QED) is 0.668. The van der Waals surface area contributed by atoms with Gasteiger partial charge in [0, 0.05) is 18.7 Å². The van der Waals surface area contributed by atoms with Crippen molar-refractivity contribution >= 4 is 22.9 Å². The van der Waals surface area contributed by atoms with Crippen molar-refractivity contribution in [3.8, 4) is 17.3 Å². The number of aromatic nitrogens is 3. The van der Waals surface area contributed by atoms with E-state index in [0.717, 1.165) is 16.9 Å². The Kier molecular flexibility index (Phi) is 5.26. The monoisotopic (exact) mass is 443 g/mol. The van der Waals surface area contributed by atoms with E-state index in [1.54, 1.807) is 6.07 Å². The van der Waals surface area contributed by atoms with Gasteiger partial charge in [-0.3, -0.25) is 9.69 Å². The average Bonchev–Trinajstić information content (AvgIpc) is 3.15. The molecule has 166 valence electrons. The molecule has 8 nitrogen and oxygen atoms in total. The molecular formula is C21H20F3N7O. The number of hydrogen-bond donors (Lipinski definition) is 1. The minimum Gasteiger partial charge on any atom is -0.382 e. The van der Waals surface area contributed by atoms with Crippen molar-refractivity contribution < 1.29 is 18.0 Å². The average molecular weight is 443 g/mol. The number of alkyl halides is 3. The summed E-state index contributed by atoms with van der Waals surface area (Å²) in [4.78, 5) is 20.2. The van der Waals surface area contributed by atoms with E-state index in [1.807, 2.05) is 18.9 Å². The van der Waals surface area contributed by atoms with Gasteiger partial charge in [0.15, 0.2) is 5.82 Å². The molecule has 0 saturated carbocycles. The van der Waals surface area contributed by atoms with E-state index in [-0.39, 0.29) is 34.5 Å². The number of carbonyl (C=O) groups is 1. The number of likely N-dealkylation sites (N-methyl/N-ethyl adjacent to an activating group) is 1. The second-order valence-corrected chi connectivity index (χ2v) is 7.58. The lowest BCUT2D eigenvalue weighted by Gasteiger charge is -2.38. The number of benzene rings is 1. The summed E-state index contributed by atoms with van der Waals surface area (Å²) < 4.78 is 42.1. The number of anilines is 2. The van der Waals surface area contributed by atoms with E-state index in [0.29, 0.717) is 30.8 Å². The fraction of sp³-hybridized carbons (Fsp3) is 0.333. The lowest BCUT2D eigenvalue weighted by Crippen LogP contribution is -2.55. The lowest BCUT2D eigenvalue weighted by molar-refractivity contribution is -0.136. The molecule has 0 spiro atoms. The third kappa shape index (κ3) is 3.42. The summed E-state index contributed by atoms with van der Waals surface area (Å²) in [5.41, 5.74) is 5.52. The van der Waals surface area contributed by atoms with Gasteiger partial charge in [0.05, 0.1) is 28.6 Å².